The molecule has 1 aromatic rings. The number of aryl methyl sites for hydroxylation is 2. The molecule has 1 rings (SSSR count). The Morgan fingerprint density at radius 1 is 1.45 bits per heavy atom. The van der Waals surface area contributed by atoms with E-state index in [0.29, 0.717) is 13.2 Å². The van der Waals surface area contributed by atoms with Gasteiger partial charge in [-0.3, -0.25) is 0 Å². The zero-order valence-corrected chi connectivity index (χ0v) is 13.2. The number of benzene rings is 1. The molecule has 0 bridgehead atoms. The first kappa shape index (κ1) is 17.1. The molecule has 0 amide bonds. The lowest BCUT2D eigenvalue weighted by atomic mass is 10.1. The number of nitrogens with one attached hydrogen (secondary N) is 1. The molecule has 3 nitrogen and oxygen atoms in total. The van der Waals surface area contributed by atoms with Crippen LogP contribution < -0.4 is 10.1 Å². The summed E-state index contributed by atoms with van der Waals surface area (Å²) in [6.07, 6.45) is 1.41. The van der Waals surface area contributed by atoms with E-state index in [1.807, 2.05) is 36.9 Å². The van der Waals surface area contributed by atoms with Crippen LogP contribution in [-0.4, -0.2) is 42.4 Å². The lowest BCUT2D eigenvalue weighted by molar-refractivity contribution is 0.106. The average molecular weight is 295 g/mol. The van der Waals surface area contributed by atoms with Crippen LogP contribution in [0.1, 0.15) is 11.1 Å². The Bertz CT molecular complexity index is 409. The van der Waals surface area contributed by atoms with Crippen LogP contribution in [0.5, 0.6) is 5.75 Å². The van der Waals surface area contributed by atoms with Crippen LogP contribution in [0.4, 0.5) is 0 Å². The van der Waals surface area contributed by atoms with Gasteiger partial charge in [0.25, 0.3) is 0 Å². The highest BCUT2D eigenvalue weighted by Gasteiger charge is 2.06. The minimum Gasteiger partial charge on any atom is -0.491 e. The molecule has 0 aromatic heterocycles. The predicted molar refractivity (Wildman–Crippen MR) is 87.8 cm³/mol. The first-order valence-electron chi connectivity index (χ1n) is 6.91. The van der Waals surface area contributed by atoms with Gasteiger partial charge in [0.1, 0.15) is 18.5 Å². The largest absolute Gasteiger partial charge is 0.491 e. The molecule has 0 spiro atoms. The van der Waals surface area contributed by atoms with Gasteiger partial charge in [-0.1, -0.05) is 23.8 Å². The lowest BCUT2D eigenvalue weighted by Crippen LogP contribution is -2.32. The third-order valence-corrected chi connectivity index (χ3v) is 3.76. The van der Waals surface area contributed by atoms with Crippen LogP contribution in [0.2, 0.25) is 0 Å². The van der Waals surface area contributed by atoms with Crippen molar-refractivity contribution >= 4 is 11.8 Å². The number of hydrogen-bond donors (Lipinski definition) is 2. The summed E-state index contributed by atoms with van der Waals surface area (Å²) >= 11 is 1.82. The molecular formula is C16H25NO2S. The van der Waals surface area contributed by atoms with E-state index in [1.54, 1.807) is 0 Å². The van der Waals surface area contributed by atoms with Gasteiger partial charge in [0.2, 0.25) is 0 Å². The maximum atomic E-state index is 9.85. The van der Waals surface area contributed by atoms with Gasteiger partial charge < -0.3 is 15.2 Å². The van der Waals surface area contributed by atoms with E-state index < -0.39 is 6.10 Å². The first-order valence-corrected chi connectivity index (χ1v) is 8.06. The number of thioether (sulfide) groups is 1. The molecule has 0 heterocycles. The highest BCUT2D eigenvalue weighted by atomic mass is 32.2. The summed E-state index contributed by atoms with van der Waals surface area (Å²) in [7, 11) is 0. The molecule has 0 aliphatic rings. The standard InChI is InChI=1S/C16H25NO2S/c1-4-8-20-9-7-17-11-15(18)12-19-16-6-5-13(2)10-14(16)3/h4-6,10,15,17-18H,1,7-9,11-12H2,2-3H3. The van der Waals surface area contributed by atoms with E-state index in [4.69, 9.17) is 4.74 Å². The van der Waals surface area contributed by atoms with Crippen LogP contribution in [0.25, 0.3) is 0 Å². The molecule has 0 saturated heterocycles. The topological polar surface area (TPSA) is 41.5 Å². The Morgan fingerprint density at radius 2 is 2.25 bits per heavy atom. The zero-order valence-electron chi connectivity index (χ0n) is 12.4. The van der Waals surface area contributed by atoms with Crippen molar-refractivity contribution in [3.63, 3.8) is 0 Å². The van der Waals surface area contributed by atoms with E-state index in [2.05, 4.69) is 24.9 Å². The van der Waals surface area contributed by atoms with Gasteiger partial charge in [-0.25, -0.2) is 0 Å². The zero-order chi connectivity index (χ0) is 14.8. The van der Waals surface area contributed by atoms with Crippen LogP contribution in [0.3, 0.4) is 0 Å². The minimum absolute atomic E-state index is 0.316. The maximum Gasteiger partial charge on any atom is 0.122 e. The van der Waals surface area contributed by atoms with E-state index in [0.717, 1.165) is 29.4 Å². The quantitative estimate of drug-likeness (QED) is 0.514. The average Bonchev–Trinajstić information content (AvgIpc) is 2.41. The molecule has 0 fully saturated rings. The molecule has 1 unspecified atom stereocenters. The summed E-state index contributed by atoms with van der Waals surface area (Å²) in [6, 6.07) is 6.05. The highest BCUT2D eigenvalue weighted by molar-refractivity contribution is 7.99. The van der Waals surface area contributed by atoms with Gasteiger partial charge >= 0.3 is 0 Å². The van der Waals surface area contributed by atoms with Gasteiger partial charge in [-0.05, 0) is 25.5 Å². The molecule has 0 aliphatic heterocycles. The second kappa shape index (κ2) is 9.86. The molecule has 0 radical (unpaired) electrons. The molecule has 1 aromatic carbocycles. The fourth-order valence-corrected chi connectivity index (χ4v) is 2.41. The third-order valence-electron chi connectivity index (χ3n) is 2.80. The Hall–Kier alpha value is -0.970. The van der Waals surface area contributed by atoms with Crippen molar-refractivity contribution in [3.8, 4) is 5.75 Å². The molecule has 4 heteroatoms. The van der Waals surface area contributed by atoms with Gasteiger partial charge in [0.15, 0.2) is 0 Å². The summed E-state index contributed by atoms with van der Waals surface area (Å²) < 4.78 is 5.64. The minimum atomic E-state index is -0.486. The van der Waals surface area contributed by atoms with Crippen molar-refractivity contribution in [2.24, 2.45) is 0 Å². The van der Waals surface area contributed by atoms with Crippen molar-refractivity contribution < 1.29 is 9.84 Å². The Morgan fingerprint density at radius 3 is 2.95 bits per heavy atom. The normalized spacial score (nSPS) is 12.2. The van der Waals surface area contributed by atoms with Crippen LogP contribution >= 0.6 is 11.8 Å². The van der Waals surface area contributed by atoms with E-state index >= 15 is 0 Å². The Kier molecular flexibility index (Phi) is 8.42. The van der Waals surface area contributed by atoms with Crippen molar-refractivity contribution in [1.82, 2.24) is 5.32 Å². The van der Waals surface area contributed by atoms with Crippen molar-refractivity contribution in [1.29, 1.82) is 0 Å². The molecule has 1 atom stereocenters. The van der Waals surface area contributed by atoms with Crippen LogP contribution in [0.15, 0.2) is 30.9 Å². The van der Waals surface area contributed by atoms with Crippen LogP contribution in [0, 0.1) is 13.8 Å². The van der Waals surface area contributed by atoms with E-state index in [1.165, 1.54) is 5.56 Å². The molecule has 20 heavy (non-hydrogen) atoms. The summed E-state index contributed by atoms with van der Waals surface area (Å²) in [5.41, 5.74) is 2.32. The number of aliphatic hydroxyl groups is 1. The van der Waals surface area contributed by atoms with Crippen molar-refractivity contribution in [2.75, 3.05) is 31.2 Å². The molecule has 2 N–H and O–H groups in total. The molecular weight excluding hydrogens is 270 g/mol. The van der Waals surface area contributed by atoms with Gasteiger partial charge in [-0.2, -0.15) is 11.8 Å². The molecule has 112 valence electrons. The van der Waals surface area contributed by atoms with Crippen molar-refractivity contribution in [2.45, 2.75) is 20.0 Å². The smallest absolute Gasteiger partial charge is 0.122 e. The highest BCUT2D eigenvalue weighted by Crippen LogP contribution is 2.18. The lowest BCUT2D eigenvalue weighted by Gasteiger charge is -2.14. The van der Waals surface area contributed by atoms with Crippen molar-refractivity contribution in [3.05, 3.63) is 42.0 Å². The summed E-state index contributed by atoms with van der Waals surface area (Å²) in [4.78, 5) is 0. The third kappa shape index (κ3) is 6.98. The second-order valence-corrected chi connectivity index (χ2v) is 5.95. The van der Waals surface area contributed by atoms with E-state index in [-0.39, 0.29) is 0 Å². The van der Waals surface area contributed by atoms with Gasteiger partial charge in [-0.15, -0.1) is 6.58 Å². The number of ether oxygens (including phenoxy) is 1. The SMILES string of the molecule is C=CCSCCNCC(O)COc1ccc(C)cc1C. The van der Waals surface area contributed by atoms with Crippen LogP contribution in [-0.2, 0) is 0 Å². The first-order chi connectivity index (χ1) is 9.63. The monoisotopic (exact) mass is 295 g/mol. The Balaban J connectivity index is 2.16. The van der Waals surface area contributed by atoms with Gasteiger partial charge in [0, 0.05) is 24.6 Å². The summed E-state index contributed by atoms with van der Waals surface area (Å²) in [5.74, 6) is 2.84. The summed E-state index contributed by atoms with van der Waals surface area (Å²) in [6.45, 7) is 9.51. The van der Waals surface area contributed by atoms with E-state index in [9.17, 15) is 5.11 Å². The number of aliphatic hydroxyl groups excluding tert-OH is 1. The van der Waals surface area contributed by atoms with Gasteiger partial charge in [0.05, 0.1) is 0 Å². The summed E-state index contributed by atoms with van der Waals surface area (Å²) in [5, 5.41) is 13.1. The maximum absolute atomic E-state index is 9.85. The predicted octanol–water partition coefficient (Wildman–Crippen LogP) is 2.55. The second-order valence-electron chi connectivity index (χ2n) is 4.80. The Labute approximate surface area is 126 Å². The fourth-order valence-electron chi connectivity index (χ4n) is 1.79. The number of hydrogen-bond acceptors (Lipinski definition) is 4. The fraction of sp³-hybridized carbons (Fsp3) is 0.500. The molecule has 0 saturated carbocycles. The number of rotatable bonds is 10. The molecule has 0 aliphatic carbocycles.